The fraction of sp³-hybridized carbons (Fsp3) is 0.533. The van der Waals surface area contributed by atoms with E-state index in [9.17, 15) is 5.11 Å². The zero-order valence-electron chi connectivity index (χ0n) is 12.9. The van der Waals surface area contributed by atoms with Crippen LogP contribution in [0.3, 0.4) is 0 Å². The fourth-order valence-electron chi connectivity index (χ4n) is 2.86. The molecule has 0 amide bonds. The number of aliphatic hydroxyl groups is 1. The summed E-state index contributed by atoms with van der Waals surface area (Å²) in [5.41, 5.74) is 1.94. The summed E-state index contributed by atoms with van der Waals surface area (Å²) < 4.78 is 5.16. The maximum Gasteiger partial charge on any atom is 0.138 e. The highest BCUT2D eigenvalue weighted by Crippen LogP contribution is 2.25. The van der Waals surface area contributed by atoms with E-state index in [2.05, 4.69) is 25.3 Å². The third-order valence-electron chi connectivity index (χ3n) is 4.16. The molecule has 1 saturated heterocycles. The van der Waals surface area contributed by atoms with E-state index < -0.39 is 0 Å². The summed E-state index contributed by atoms with van der Waals surface area (Å²) >= 11 is 0. The van der Waals surface area contributed by atoms with E-state index in [0.29, 0.717) is 6.54 Å². The molecule has 7 nitrogen and oxygen atoms in total. The minimum absolute atomic E-state index is 0.158. The van der Waals surface area contributed by atoms with Crippen LogP contribution < -0.4 is 10.2 Å². The van der Waals surface area contributed by atoms with Crippen molar-refractivity contribution in [1.29, 1.82) is 0 Å². The number of nitrogens with one attached hydrogen (secondary N) is 1. The Morgan fingerprint density at radius 2 is 2.27 bits per heavy atom. The first-order valence-corrected chi connectivity index (χ1v) is 7.54. The third kappa shape index (κ3) is 2.89. The molecule has 0 radical (unpaired) electrons. The number of aryl methyl sites for hydroxylation is 2. The van der Waals surface area contributed by atoms with Gasteiger partial charge in [-0.15, -0.1) is 0 Å². The molecule has 1 aliphatic heterocycles. The normalized spacial score (nSPS) is 18.0. The topological polar surface area (TPSA) is 87.3 Å². The summed E-state index contributed by atoms with van der Waals surface area (Å²) in [5, 5.41) is 16.7. The molecule has 1 atom stereocenters. The van der Waals surface area contributed by atoms with Crippen LogP contribution >= 0.6 is 0 Å². The summed E-state index contributed by atoms with van der Waals surface area (Å²) in [5.74, 6) is 2.43. The second-order valence-corrected chi connectivity index (χ2v) is 5.59. The van der Waals surface area contributed by atoms with Gasteiger partial charge in [-0.1, -0.05) is 5.16 Å². The minimum Gasteiger partial charge on any atom is -0.394 e. The monoisotopic (exact) mass is 303 g/mol. The maximum atomic E-state index is 9.44. The van der Waals surface area contributed by atoms with Gasteiger partial charge in [-0.25, -0.2) is 9.97 Å². The molecule has 3 heterocycles. The Balaban J connectivity index is 1.71. The second-order valence-electron chi connectivity index (χ2n) is 5.59. The van der Waals surface area contributed by atoms with Crippen molar-refractivity contribution in [3.63, 3.8) is 0 Å². The molecule has 22 heavy (non-hydrogen) atoms. The highest BCUT2D eigenvalue weighted by atomic mass is 16.5. The summed E-state index contributed by atoms with van der Waals surface area (Å²) in [4.78, 5) is 10.7. The molecule has 1 aliphatic rings. The van der Waals surface area contributed by atoms with Gasteiger partial charge in [0.1, 0.15) is 23.7 Å². The largest absolute Gasteiger partial charge is 0.394 e. The lowest BCUT2D eigenvalue weighted by Crippen LogP contribution is -2.32. The Labute approximate surface area is 129 Å². The van der Waals surface area contributed by atoms with Crippen LogP contribution in [0, 0.1) is 13.8 Å². The fourth-order valence-corrected chi connectivity index (χ4v) is 2.86. The summed E-state index contributed by atoms with van der Waals surface area (Å²) in [7, 11) is 0. The van der Waals surface area contributed by atoms with Crippen molar-refractivity contribution in [2.45, 2.75) is 39.3 Å². The highest BCUT2D eigenvalue weighted by Gasteiger charge is 2.25. The van der Waals surface area contributed by atoms with E-state index in [1.165, 1.54) is 0 Å². The number of rotatable bonds is 5. The Morgan fingerprint density at radius 3 is 3.00 bits per heavy atom. The van der Waals surface area contributed by atoms with Crippen LogP contribution in [0.1, 0.15) is 29.9 Å². The number of hydrogen-bond acceptors (Lipinski definition) is 7. The van der Waals surface area contributed by atoms with Gasteiger partial charge in [0.05, 0.1) is 18.3 Å². The van der Waals surface area contributed by atoms with Gasteiger partial charge in [0, 0.05) is 24.7 Å². The zero-order valence-corrected chi connectivity index (χ0v) is 12.9. The molecule has 0 bridgehead atoms. The lowest BCUT2D eigenvalue weighted by atomic mass is 10.2. The molecule has 7 heteroatoms. The number of hydrogen-bond donors (Lipinski definition) is 2. The molecule has 1 unspecified atom stereocenters. The predicted molar refractivity (Wildman–Crippen MR) is 82.8 cm³/mol. The number of aliphatic hydroxyl groups excluding tert-OH is 1. The van der Waals surface area contributed by atoms with Crippen molar-refractivity contribution in [3.05, 3.63) is 29.4 Å². The van der Waals surface area contributed by atoms with Gasteiger partial charge in [-0.05, 0) is 26.7 Å². The quantitative estimate of drug-likeness (QED) is 0.868. The van der Waals surface area contributed by atoms with Crippen molar-refractivity contribution < 1.29 is 9.63 Å². The van der Waals surface area contributed by atoms with Gasteiger partial charge in [0.15, 0.2) is 0 Å². The molecule has 0 saturated carbocycles. The molecule has 2 aromatic heterocycles. The summed E-state index contributed by atoms with van der Waals surface area (Å²) in [6.45, 7) is 5.52. The van der Waals surface area contributed by atoms with Crippen LogP contribution in [-0.4, -0.2) is 39.4 Å². The van der Waals surface area contributed by atoms with Crippen LogP contribution in [0.2, 0.25) is 0 Å². The second kappa shape index (κ2) is 6.31. The summed E-state index contributed by atoms with van der Waals surface area (Å²) in [6, 6.07) is 2.08. The van der Waals surface area contributed by atoms with E-state index in [1.807, 2.05) is 19.9 Å². The lowest BCUT2D eigenvalue weighted by molar-refractivity contribution is 0.266. The standard InChI is InChI=1S/C15H21N5O2/c1-10-13(11(2)22-19-10)7-16-14-6-15(18-9-17-14)20-5-3-4-12(20)8-21/h6,9,12,21H,3-5,7-8H2,1-2H3,(H,16,17,18). The maximum absolute atomic E-state index is 9.44. The number of aromatic nitrogens is 3. The highest BCUT2D eigenvalue weighted by molar-refractivity contribution is 5.50. The van der Waals surface area contributed by atoms with Crippen LogP contribution in [0.4, 0.5) is 11.6 Å². The van der Waals surface area contributed by atoms with Gasteiger partial charge in [-0.3, -0.25) is 0 Å². The zero-order chi connectivity index (χ0) is 15.5. The third-order valence-corrected chi connectivity index (χ3v) is 4.16. The van der Waals surface area contributed by atoms with E-state index in [-0.39, 0.29) is 12.6 Å². The van der Waals surface area contributed by atoms with Crippen molar-refractivity contribution in [2.75, 3.05) is 23.4 Å². The van der Waals surface area contributed by atoms with Gasteiger partial charge >= 0.3 is 0 Å². The van der Waals surface area contributed by atoms with Crippen LogP contribution in [0.5, 0.6) is 0 Å². The molecule has 3 rings (SSSR count). The summed E-state index contributed by atoms with van der Waals surface area (Å²) in [6.07, 6.45) is 3.64. The Morgan fingerprint density at radius 1 is 1.41 bits per heavy atom. The first kappa shape index (κ1) is 14.8. The van der Waals surface area contributed by atoms with E-state index >= 15 is 0 Å². The van der Waals surface area contributed by atoms with Crippen LogP contribution in [-0.2, 0) is 6.54 Å². The Kier molecular flexibility index (Phi) is 4.24. The van der Waals surface area contributed by atoms with Gasteiger partial charge < -0.3 is 19.8 Å². The SMILES string of the molecule is Cc1noc(C)c1CNc1cc(N2CCCC2CO)ncn1. The average molecular weight is 303 g/mol. The number of anilines is 2. The van der Waals surface area contributed by atoms with Crippen molar-refractivity contribution in [1.82, 2.24) is 15.1 Å². The van der Waals surface area contributed by atoms with Gasteiger partial charge in [0.2, 0.25) is 0 Å². The van der Waals surface area contributed by atoms with Gasteiger partial charge in [-0.2, -0.15) is 0 Å². The van der Waals surface area contributed by atoms with Crippen LogP contribution in [0.25, 0.3) is 0 Å². The molecule has 2 aromatic rings. The molecule has 1 fully saturated rings. The minimum atomic E-state index is 0.158. The predicted octanol–water partition coefficient (Wildman–Crippen LogP) is 1.65. The van der Waals surface area contributed by atoms with Crippen LogP contribution in [0.15, 0.2) is 16.9 Å². The lowest BCUT2D eigenvalue weighted by Gasteiger charge is -2.24. The van der Waals surface area contributed by atoms with E-state index in [1.54, 1.807) is 6.33 Å². The van der Waals surface area contributed by atoms with E-state index in [4.69, 9.17) is 4.52 Å². The molecule has 0 aromatic carbocycles. The molecule has 118 valence electrons. The first-order valence-electron chi connectivity index (χ1n) is 7.54. The molecular formula is C15H21N5O2. The van der Waals surface area contributed by atoms with E-state index in [0.717, 1.165) is 48.0 Å². The number of nitrogens with zero attached hydrogens (tertiary/aromatic N) is 4. The smallest absolute Gasteiger partial charge is 0.138 e. The Hall–Kier alpha value is -2.15. The molecule has 0 spiro atoms. The van der Waals surface area contributed by atoms with Crippen molar-refractivity contribution in [3.8, 4) is 0 Å². The Bertz CT molecular complexity index is 623. The van der Waals surface area contributed by atoms with Crippen molar-refractivity contribution >= 4 is 11.6 Å². The van der Waals surface area contributed by atoms with Crippen molar-refractivity contribution in [2.24, 2.45) is 0 Å². The molecule has 2 N–H and O–H groups in total. The first-order chi connectivity index (χ1) is 10.7. The average Bonchev–Trinajstić information content (AvgIpc) is 3.13. The molecular weight excluding hydrogens is 282 g/mol. The molecule has 0 aliphatic carbocycles. The van der Waals surface area contributed by atoms with Gasteiger partial charge in [0.25, 0.3) is 0 Å².